The fraction of sp³-hybridized carbons (Fsp3) is 0.286. The fourth-order valence-electron chi connectivity index (χ4n) is 2.19. The molecule has 0 aliphatic carbocycles. The average Bonchev–Trinajstić information content (AvgIpc) is 2.48. The van der Waals surface area contributed by atoms with Gasteiger partial charge < -0.3 is 14.4 Å². The van der Waals surface area contributed by atoms with Crippen molar-refractivity contribution in [2.24, 2.45) is 0 Å². The first-order chi connectivity index (χ1) is 10.3. The minimum Gasteiger partial charge on any atom is -0.491 e. The molecule has 2 aromatic rings. The Labute approximate surface area is 128 Å². The number of fused-ring (bicyclic) bond motifs is 1. The lowest BCUT2D eigenvalue weighted by molar-refractivity contribution is 0.0694. The van der Waals surface area contributed by atoms with E-state index in [1.165, 1.54) is 4.57 Å². The third-order valence-electron chi connectivity index (χ3n) is 3.24. The standard InChI is InChI=1S/C14H12ClF2NO4/c1-3-9(15)18-5-7(14(20)21)12(19)6-4-8(16)10(17)13(22-2)11(6)18/h4-5,9H,3H2,1-2H3,(H,20,21). The van der Waals surface area contributed by atoms with E-state index in [4.69, 9.17) is 21.4 Å². The summed E-state index contributed by atoms with van der Waals surface area (Å²) in [5.41, 5.74) is -2.37. The molecular weight excluding hydrogens is 320 g/mol. The molecule has 0 fully saturated rings. The molecule has 118 valence electrons. The number of carboxylic acids is 1. The van der Waals surface area contributed by atoms with Gasteiger partial charge in [0.15, 0.2) is 11.6 Å². The topological polar surface area (TPSA) is 68.5 Å². The van der Waals surface area contributed by atoms with Crippen LogP contribution in [0.3, 0.4) is 0 Å². The van der Waals surface area contributed by atoms with Crippen LogP contribution in [0.25, 0.3) is 10.9 Å². The van der Waals surface area contributed by atoms with Crippen molar-refractivity contribution in [3.8, 4) is 5.75 Å². The zero-order valence-corrected chi connectivity index (χ0v) is 12.4. The van der Waals surface area contributed by atoms with E-state index in [0.717, 1.165) is 13.3 Å². The first-order valence-corrected chi connectivity index (χ1v) is 6.75. The van der Waals surface area contributed by atoms with Gasteiger partial charge in [-0.2, -0.15) is 4.39 Å². The lowest BCUT2D eigenvalue weighted by atomic mass is 10.1. The summed E-state index contributed by atoms with van der Waals surface area (Å²) in [5.74, 6) is -4.56. The second-order valence-corrected chi connectivity index (χ2v) is 5.03. The monoisotopic (exact) mass is 331 g/mol. The van der Waals surface area contributed by atoms with E-state index in [0.29, 0.717) is 12.5 Å². The molecule has 1 aromatic carbocycles. The number of halogens is 3. The van der Waals surface area contributed by atoms with Crippen LogP contribution in [0.15, 0.2) is 17.1 Å². The zero-order chi connectivity index (χ0) is 16.6. The van der Waals surface area contributed by atoms with Crippen LogP contribution in [0.4, 0.5) is 8.78 Å². The molecule has 0 spiro atoms. The summed E-state index contributed by atoms with van der Waals surface area (Å²) < 4.78 is 33.6. The Hall–Kier alpha value is -2.15. The third kappa shape index (κ3) is 2.41. The van der Waals surface area contributed by atoms with Gasteiger partial charge in [-0.1, -0.05) is 18.5 Å². The normalized spacial score (nSPS) is 12.4. The number of aromatic carboxylic acids is 1. The third-order valence-corrected chi connectivity index (χ3v) is 3.76. The molecule has 1 heterocycles. The van der Waals surface area contributed by atoms with Crippen LogP contribution >= 0.6 is 11.6 Å². The number of ether oxygens (including phenoxy) is 1. The predicted octanol–water partition coefficient (Wildman–Crippen LogP) is 3.13. The first-order valence-electron chi connectivity index (χ1n) is 6.31. The molecule has 0 amide bonds. The number of benzene rings is 1. The van der Waals surface area contributed by atoms with Gasteiger partial charge in [0.25, 0.3) is 0 Å². The Morgan fingerprint density at radius 3 is 2.64 bits per heavy atom. The number of carbonyl (C=O) groups is 1. The molecule has 0 aliphatic rings. The number of carboxylic acid groups (broad SMARTS) is 1. The smallest absolute Gasteiger partial charge is 0.341 e. The SMILES string of the molecule is CCC(Cl)n1cc(C(=O)O)c(=O)c2cc(F)c(F)c(OC)c21. The van der Waals surface area contributed by atoms with Gasteiger partial charge in [0.2, 0.25) is 11.2 Å². The van der Waals surface area contributed by atoms with Crippen molar-refractivity contribution in [1.82, 2.24) is 4.57 Å². The van der Waals surface area contributed by atoms with Gasteiger partial charge in [0.1, 0.15) is 11.1 Å². The van der Waals surface area contributed by atoms with E-state index in [2.05, 4.69) is 0 Å². The summed E-state index contributed by atoms with van der Waals surface area (Å²) in [4.78, 5) is 23.4. The molecule has 0 saturated heterocycles. The minimum atomic E-state index is -1.48. The molecule has 0 bridgehead atoms. The van der Waals surface area contributed by atoms with Crippen LogP contribution in [-0.2, 0) is 0 Å². The zero-order valence-electron chi connectivity index (χ0n) is 11.7. The highest BCUT2D eigenvalue weighted by molar-refractivity contribution is 6.19. The number of nitrogens with zero attached hydrogens (tertiary/aromatic N) is 1. The average molecular weight is 332 g/mol. The minimum absolute atomic E-state index is 0.0850. The van der Waals surface area contributed by atoms with Crippen LogP contribution in [0.2, 0.25) is 0 Å². The molecule has 1 unspecified atom stereocenters. The van der Waals surface area contributed by atoms with Crippen molar-refractivity contribution in [1.29, 1.82) is 0 Å². The van der Waals surface area contributed by atoms with Crippen molar-refractivity contribution in [3.63, 3.8) is 0 Å². The lowest BCUT2D eigenvalue weighted by Crippen LogP contribution is -2.21. The summed E-state index contributed by atoms with van der Waals surface area (Å²) in [6, 6.07) is 0.651. The summed E-state index contributed by atoms with van der Waals surface area (Å²) in [6.07, 6.45) is 1.37. The van der Waals surface area contributed by atoms with E-state index in [-0.39, 0.29) is 10.9 Å². The van der Waals surface area contributed by atoms with Gasteiger partial charge >= 0.3 is 5.97 Å². The fourth-order valence-corrected chi connectivity index (χ4v) is 2.34. The highest BCUT2D eigenvalue weighted by Gasteiger charge is 2.24. The number of rotatable bonds is 4. The van der Waals surface area contributed by atoms with Crippen LogP contribution in [0, 0.1) is 11.6 Å². The maximum atomic E-state index is 13.9. The van der Waals surface area contributed by atoms with E-state index in [1.807, 2.05) is 0 Å². The summed E-state index contributed by atoms with van der Waals surface area (Å²) in [5, 5.41) is 8.79. The molecule has 2 rings (SSSR count). The number of hydrogen-bond acceptors (Lipinski definition) is 3. The van der Waals surface area contributed by atoms with E-state index < -0.39 is 39.8 Å². The molecule has 5 nitrogen and oxygen atoms in total. The maximum Gasteiger partial charge on any atom is 0.341 e. The van der Waals surface area contributed by atoms with Gasteiger partial charge in [-0.15, -0.1) is 0 Å². The van der Waals surface area contributed by atoms with Crippen molar-refractivity contribution >= 4 is 28.5 Å². The Bertz CT molecular complexity index is 819. The van der Waals surface area contributed by atoms with Crippen molar-refractivity contribution in [2.45, 2.75) is 18.8 Å². The number of aromatic nitrogens is 1. The van der Waals surface area contributed by atoms with E-state index in [9.17, 15) is 18.4 Å². The van der Waals surface area contributed by atoms with Crippen molar-refractivity contribution in [2.75, 3.05) is 7.11 Å². The maximum absolute atomic E-state index is 13.9. The number of alkyl halides is 1. The van der Waals surface area contributed by atoms with Gasteiger partial charge in [-0.05, 0) is 12.5 Å². The Balaban J connectivity index is 3.09. The van der Waals surface area contributed by atoms with E-state index in [1.54, 1.807) is 6.92 Å². The molecule has 0 saturated carbocycles. The van der Waals surface area contributed by atoms with Gasteiger partial charge in [0, 0.05) is 6.20 Å². The highest BCUT2D eigenvalue weighted by atomic mass is 35.5. The number of methoxy groups -OCH3 is 1. The molecule has 22 heavy (non-hydrogen) atoms. The van der Waals surface area contributed by atoms with Crippen molar-refractivity contribution in [3.05, 3.63) is 39.7 Å². The van der Waals surface area contributed by atoms with Crippen LogP contribution < -0.4 is 10.2 Å². The molecular formula is C14H12ClF2NO4. The first kappa shape index (κ1) is 16.2. The largest absolute Gasteiger partial charge is 0.491 e. The van der Waals surface area contributed by atoms with Crippen LogP contribution in [0.1, 0.15) is 29.2 Å². The summed E-state index contributed by atoms with van der Waals surface area (Å²) in [7, 11) is 1.12. The van der Waals surface area contributed by atoms with Crippen LogP contribution in [0.5, 0.6) is 5.75 Å². The van der Waals surface area contributed by atoms with Gasteiger partial charge in [-0.3, -0.25) is 4.79 Å². The molecule has 8 heteroatoms. The summed E-state index contributed by atoms with van der Waals surface area (Å²) in [6.45, 7) is 1.72. The van der Waals surface area contributed by atoms with Gasteiger partial charge in [0.05, 0.1) is 18.0 Å². The quantitative estimate of drug-likeness (QED) is 0.874. The Kier molecular flexibility index (Phi) is 4.37. The Morgan fingerprint density at radius 2 is 2.14 bits per heavy atom. The second kappa shape index (κ2) is 5.92. The molecule has 1 N–H and O–H groups in total. The molecule has 1 atom stereocenters. The Morgan fingerprint density at radius 1 is 1.50 bits per heavy atom. The van der Waals surface area contributed by atoms with Crippen LogP contribution in [-0.4, -0.2) is 22.8 Å². The second-order valence-electron chi connectivity index (χ2n) is 4.53. The summed E-state index contributed by atoms with van der Waals surface area (Å²) >= 11 is 6.12. The van der Waals surface area contributed by atoms with E-state index >= 15 is 0 Å². The number of hydrogen-bond donors (Lipinski definition) is 1. The molecule has 0 radical (unpaired) electrons. The van der Waals surface area contributed by atoms with Crippen molar-refractivity contribution < 1.29 is 23.4 Å². The number of pyridine rings is 1. The van der Waals surface area contributed by atoms with Gasteiger partial charge in [-0.25, -0.2) is 9.18 Å². The molecule has 0 aliphatic heterocycles. The lowest BCUT2D eigenvalue weighted by Gasteiger charge is -2.19. The predicted molar refractivity (Wildman–Crippen MR) is 76.8 cm³/mol. The molecule has 1 aromatic heterocycles. The highest BCUT2D eigenvalue weighted by Crippen LogP contribution is 2.33.